The van der Waals surface area contributed by atoms with Crippen LogP contribution in [-0.4, -0.2) is 44.6 Å². The first-order valence-electron chi connectivity index (χ1n) is 7.11. The van der Waals surface area contributed by atoms with Crippen molar-refractivity contribution in [2.75, 3.05) is 0 Å². The van der Waals surface area contributed by atoms with Crippen molar-refractivity contribution in [2.24, 2.45) is 0 Å². The van der Waals surface area contributed by atoms with Crippen LogP contribution in [-0.2, 0) is 27.9 Å². The normalized spacial score (nSPS) is 18.4. The Morgan fingerprint density at radius 1 is 1.33 bits per heavy atom. The Hall–Kier alpha value is -1.97. The molecule has 2 aromatic rings. The average molecular weight is 371 g/mol. The number of carboxylic acid groups (broad SMARTS) is 1. The number of carbonyl (C=O) groups is 1. The standard InChI is InChI=1S/C14H15ClN4O4S/c1-8-3-4-10(15)5-12(8)24(22,23)19-7-13-17-16-9(2)18(13)6-11(19)14(20)21/h3-5,11H,6-7H2,1-2H3,(H,20,21). The van der Waals surface area contributed by atoms with Crippen LogP contribution in [0.25, 0.3) is 0 Å². The molecule has 0 saturated carbocycles. The molecule has 0 fully saturated rings. The second kappa shape index (κ2) is 5.83. The molecule has 0 aliphatic carbocycles. The van der Waals surface area contributed by atoms with Gasteiger partial charge in [0, 0.05) is 5.02 Å². The number of fused-ring (bicyclic) bond motifs is 1. The Kier molecular flexibility index (Phi) is 4.10. The Morgan fingerprint density at radius 3 is 2.71 bits per heavy atom. The molecule has 3 rings (SSSR count). The van der Waals surface area contributed by atoms with Crippen LogP contribution in [0, 0.1) is 13.8 Å². The smallest absolute Gasteiger partial charge is 0.323 e. The molecule has 1 N–H and O–H groups in total. The number of carboxylic acids is 1. The van der Waals surface area contributed by atoms with Gasteiger partial charge in [-0.25, -0.2) is 8.42 Å². The number of hydrogen-bond donors (Lipinski definition) is 1. The highest BCUT2D eigenvalue weighted by Gasteiger charge is 2.41. The first kappa shape index (κ1) is 16.9. The lowest BCUT2D eigenvalue weighted by atomic mass is 10.2. The van der Waals surface area contributed by atoms with E-state index in [1.165, 1.54) is 6.07 Å². The van der Waals surface area contributed by atoms with Crippen molar-refractivity contribution in [3.05, 3.63) is 40.4 Å². The SMILES string of the molecule is Cc1ccc(Cl)cc1S(=O)(=O)N1Cc2nnc(C)n2CC1C(=O)O. The van der Waals surface area contributed by atoms with E-state index in [1.807, 2.05) is 0 Å². The van der Waals surface area contributed by atoms with Gasteiger partial charge >= 0.3 is 5.97 Å². The summed E-state index contributed by atoms with van der Waals surface area (Å²) in [6, 6.07) is 3.26. The zero-order valence-corrected chi connectivity index (χ0v) is 14.5. The molecular formula is C14H15ClN4O4S. The molecule has 1 aliphatic rings. The lowest BCUT2D eigenvalue weighted by Crippen LogP contribution is -2.50. The fraction of sp³-hybridized carbons (Fsp3) is 0.357. The summed E-state index contributed by atoms with van der Waals surface area (Å²) in [7, 11) is -4.06. The number of nitrogens with zero attached hydrogens (tertiary/aromatic N) is 4. The van der Waals surface area contributed by atoms with Crippen LogP contribution in [0.4, 0.5) is 0 Å². The predicted molar refractivity (Wildman–Crippen MR) is 85.1 cm³/mol. The molecule has 1 aromatic heterocycles. The lowest BCUT2D eigenvalue weighted by Gasteiger charge is -2.32. The number of halogens is 1. The molecule has 0 spiro atoms. The molecule has 2 heterocycles. The molecule has 0 amide bonds. The Labute approximate surface area is 143 Å². The van der Waals surface area contributed by atoms with Crippen molar-refractivity contribution in [3.8, 4) is 0 Å². The molecule has 0 radical (unpaired) electrons. The number of aryl methyl sites for hydroxylation is 2. The van der Waals surface area contributed by atoms with Gasteiger partial charge in [-0.15, -0.1) is 10.2 Å². The Morgan fingerprint density at radius 2 is 2.04 bits per heavy atom. The highest BCUT2D eigenvalue weighted by molar-refractivity contribution is 7.89. The largest absolute Gasteiger partial charge is 0.480 e. The summed E-state index contributed by atoms with van der Waals surface area (Å²) in [4.78, 5) is 11.6. The number of rotatable bonds is 3. The van der Waals surface area contributed by atoms with Gasteiger partial charge in [0.05, 0.1) is 18.0 Å². The maximum atomic E-state index is 13.0. The van der Waals surface area contributed by atoms with Gasteiger partial charge in [-0.2, -0.15) is 4.31 Å². The van der Waals surface area contributed by atoms with Crippen molar-refractivity contribution in [2.45, 2.75) is 37.9 Å². The molecule has 0 bridgehead atoms. The summed E-state index contributed by atoms with van der Waals surface area (Å²) >= 11 is 5.92. The van der Waals surface area contributed by atoms with Gasteiger partial charge in [0.1, 0.15) is 17.7 Å². The number of aromatic nitrogens is 3. The maximum absolute atomic E-state index is 13.0. The van der Waals surface area contributed by atoms with Crippen LogP contribution in [0.2, 0.25) is 5.02 Å². The minimum atomic E-state index is -4.06. The number of aliphatic carboxylic acids is 1. The van der Waals surface area contributed by atoms with Gasteiger partial charge in [-0.1, -0.05) is 17.7 Å². The highest BCUT2D eigenvalue weighted by Crippen LogP contribution is 2.29. The van der Waals surface area contributed by atoms with Gasteiger partial charge in [0.15, 0.2) is 0 Å². The number of benzene rings is 1. The predicted octanol–water partition coefficient (Wildman–Crippen LogP) is 1.21. The third kappa shape index (κ3) is 2.68. The fourth-order valence-electron chi connectivity index (χ4n) is 2.72. The summed E-state index contributed by atoms with van der Waals surface area (Å²) in [6.45, 7) is 3.13. The van der Waals surface area contributed by atoms with Crippen LogP contribution in [0.3, 0.4) is 0 Å². The van der Waals surface area contributed by atoms with E-state index in [9.17, 15) is 18.3 Å². The van der Waals surface area contributed by atoms with Crippen molar-refractivity contribution in [3.63, 3.8) is 0 Å². The van der Waals surface area contributed by atoms with E-state index in [1.54, 1.807) is 30.5 Å². The Bertz CT molecular complexity index is 925. The number of hydrogen-bond acceptors (Lipinski definition) is 5. The van der Waals surface area contributed by atoms with Crippen molar-refractivity contribution < 1.29 is 18.3 Å². The quantitative estimate of drug-likeness (QED) is 0.870. The van der Waals surface area contributed by atoms with E-state index in [0.717, 1.165) is 4.31 Å². The molecule has 24 heavy (non-hydrogen) atoms. The summed E-state index contributed by atoms with van der Waals surface area (Å²) in [5.41, 5.74) is 0.492. The minimum absolute atomic E-state index is 0.00839. The van der Waals surface area contributed by atoms with Gasteiger partial charge in [-0.3, -0.25) is 4.79 Å². The molecule has 8 nitrogen and oxygen atoms in total. The summed E-state index contributed by atoms with van der Waals surface area (Å²) in [5, 5.41) is 17.6. The fourth-order valence-corrected chi connectivity index (χ4v) is 4.74. The summed E-state index contributed by atoms with van der Waals surface area (Å²) < 4.78 is 28.6. The zero-order chi connectivity index (χ0) is 17.6. The zero-order valence-electron chi connectivity index (χ0n) is 13.0. The van der Waals surface area contributed by atoms with Crippen LogP contribution in [0.15, 0.2) is 23.1 Å². The van der Waals surface area contributed by atoms with E-state index < -0.39 is 22.0 Å². The van der Waals surface area contributed by atoms with Gasteiger partial charge < -0.3 is 9.67 Å². The van der Waals surface area contributed by atoms with Crippen LogP contribution < -0.4 is 0 Å². The molecule has 1 atom stereocenters. The van der Waals surface area contributed by atoms with Crippen molar-refractivity contribution in [1.82, 2.24) is 19.1 Å². The van der Waals surface area contributed by atoms with Crippen molar-refractivity contribution >= 4 is 27.6 Å². The summed E-state index contributed by atoms with van der Waals surface area (Å²) in [5.74, 6) is -0.266. The molecule has 128 valence electrons. The molecule has 1 unspecified atom stereocenters. The molecule has 10 heteroatoms. The van der Waals surface area contributed by atoms with E-state index >= 15 is 0 Å². The van der Waals surface area contributed by atoms with E-state index in [2.05, 4.69) is 10.2 Å². The Balaban J connectivity index is 2.12. The topological polar surface area (TPSA) is 105 Å². The summed E-state index contributed by atoms with van der Waals surface area (Å²) in [6.07, 6.45) is 0. The molecule has 1 aromatic carbocycles. The number of sulfonamides is 1. The average Bonchev–Trinajstić information content (AvgIpc) is 2.89. The first-order valence-corrected chi connectivity index (χ1v) is 8.93. The molecule has 1 aliphatic heterocycles. The van der Waals surface area contributed by atoms with E-state index in [-0.39, 0.29) is 23.0 Å². The lowest BCUT2D eigenvalue weighted by molar-refractivity contribution is -0.142. The third-order valence-electron chi connectivity index (χ3n) is 4.03. The third-order valence-corrected chi connectivity index (χ3v) is 6.27. The van der Waals surface area contributed by atoms with Gasteiger partial charge in [-0.05, 0) is 31.5 Å². The monoisotopic (exact) mass is 370 g/mol. The maximum Gasteiger partial charge on any atom is 0.323 e. The second-order valence-electron chi connectivity index (χ2n) is 5.59. The van der Waals surface area contributed by atoms with Gasteiger partial charge in [0.2, 0.25) is 10.0 Å². The highest BCUT2D eigenvalue weighted by atomic mass is 35.5. The van der Waals surface area contributed by atoms with Crippen LogP contribution in [0.5, 0.6) is 0 Å². The van der Waals surface area contributed by atoms with E-state index in [0.29, 0.717) is 17.2 Å². The molecule has 0 saturated heterocycles. The molecular weight excluding hydrogens is 356 g/mol. The first-order chi connectivity index (χ1) is 11.2. The van der Waals surface area contributed by atoms with Gasteiger partial charge in [0.25, 0.3) is 0 Å². The minimum Gasteiger partial charge on any atom is -0.480 e. The van der Waals surface area contributed by atoms with Crippen LogP contribution in [0.1, 0.15) is 17.2 Å². The van der Waals surface area contributed by atoms with E-state index in [4.69, 9.17) is 11.6 Å². The van der Waals surface area contributed by atoms with Crippen molar-refractivity contribution in [1.29, 1.82) is 0 Å². The second-order valence-corrected chi connectivity index (χ2v) is 7.88. The van der Waals surface area contributed by atoms with Crippen LogP contribution >= 0.6 is 11.6 Å².